The second-order valence-corrected chi connectivity index (χ2v) is 4.84. The molecule has 120 valence electrons. The molecule has 7 nitrogen and oxygen atoms in total. The van der Waals surface area contributed by atoms with Gasteiger partial charge in [-0.1, -0.05) is 6.92 Å². The minimum absolute atomic E-state index is 0.0204. The van der Waals surface area contributed by atoms with Crippen LogP contribution in [0.5, 0.6) is 11.5 Å². The third kappa shape index (κ3) is 4.26. The van der Waals surface area contributed by atoms with Gasteiger partial charge in [0.05, 0.1) is 17.2 Å². The molecule has 3 N–H and O–H groups in total. The lowest BCUT2D eigenvalue weighted by molar-refractivity contribution is -0.121. The highest BCUT2D eigenvalue weighted by molar-refractivity contribution is 5.97. The first-order valence-corrected chi connectivity index (χ1v) is 7.12. The Balaban J connectivity index is 2.22. The number of amidine groups is 1. The van der Waals surface area contributed by atoms with E-state index in [1.807, 2.05) is 6.92 Å². The van der Waals surface area contributed by atoms with Crippen LogP contribution in [0.1, 0.15) is 19.0 Å². The molecule has 0 radical (unpaired) electrons. The molecule has 0 fully saturated rings. The van der Waals surface area contributed by atoms with Gasteiger partial charge >= 0.3 is 0 Å². The molecule has 0 aliphatic heterocycles. The van der Waals surface area contributed by atoms with Crippen molar-refractivity contribution in [2.24, 2.45) is 0 Å². The van der Waals surface area contributed by atoms with Crippen LogP contribution < -0.4 is 10.1 Å². The van der Waals surface area contributed by atoms with Crippen molar-refractivity contribution in [3.8, 4) is 22.8 Å². The fraction of sp³-hybridized carbons (Fsp3) is 0.250. The summed E-state index contributed by atoms with van der Waals surface area (Å²) in [7, 11) is 0. The summed E-state index contributed by atoms with van der Waals surface area (Å²) in [5.41, 5.74) is 1.95. The van der Waals surface area contributed by atoms with Gasteiger partial charge in [-0.2, -0.15) is 0 Å². The minimum Gasteiger partial charge on any atom is -0.508 e. The summed E-state index contributed by atoms with van der Waals surface area (Å²) < 4.78 is 5.50. The second kappa shape index (κ2) is 7.35. The predicted octanol–water partition coefficient (Wildman–Crippen LogP) is 2.04. The molecule has 1 amide bonds. The zero-order valence-electron chi connectivity index (χ0n) is 13.0. The van der Waals surface area contributed by atoms with Crippen molar-refractivity contribution in [2.45, 2.75) is 20.3 Å². The number of benzene rings is 1. The number of aromatic hydroxyl groups is 1. The van der Waals surface area contributed by atoms with Crippen LogP contribution in [0.3, 0.4) is 0 Å². The fourth-order valence-corrected chi connectivity index (χ4v) is 1.93. The van der Waals surface area contributed by atoms with Gasteiger partial charge in [0.15, 0.2) is 6.61 Å². The number of rotatable bonds is 5. The maximum Gasteiger partial charge on any atom is 0.263 e. The van der Waals surface area contributed by atoms with Gasteiger partial charge in [-0.05, 0) is 19.1 Å². The molecule has 1 aromatic heterocycles. The number of aromatic nitrogens is 2. The zero-order chi connectivity index (χ0) is 16.8. The van der Waals surface area contributed by atoms with E-state index in [2.05, 4.69) is 15.3 Å². The van der Waals surface area contributed by atoms with E-state index >= 15 is 0 Å². The normalized spacial score (nSPS) is 10.2. The van der Waals surface area contributed by atoms with Crippen molar-refractivity contribution in [3.63, 3.8) is 0 Å². The van der Waals surface area contributed by atoms with Gasteiger partial charge < -0.3 is 15.2 Å². The van der Waals surface area contributed by atoms with E-state index in [4.69, 9.17) is 10.1 Å². The molecule has 0 unspecified atom stereocenters. The molecule has 2 aromatic rings. The van der Waals surface area contributed by atoms with Gasteiger partial charge in [0.2, 0.25) is 0 Å². The molecule has 0 saturated carbocycles. The average molecular weight is 314 g/mol. The maximum atomic E-state index is 11.7. The van der Waals surface area contributed by atoms with Crippen LogP contribution in [0, 0.1) is 12.3 Å². The molecule has 0 atom stereocenters. The molecule has 0 aliphatic carbocycles. The van der Waals surface area contributed by atoms with Crippen LogP contribution in [0.4, 0.5) is 0 Å². The summed E-state index contributed by atoms with van der Waals surface area (Å²) in [5, 5.41) is 19.5. The van der Waals surface area contributed by atoms with E-state index in [-0.39, 0.29) is 18.2 Å². The van der Waals surface area contributed by atoms with Crippen molar-refractivity contribution in [1.82, 2.24) is 15.3 Å². The number of aryl methyl sites for hydroxylation is 1. The summed E-state index contributed by atoms with van der Waals surface area (Å²) >= 11 is 0. The Morgan fingerprint density at radius 2 is 2.09 bits per heavy atom. The van der Waals surface area contributed by atoms with Crippen molar-refractivity contribution < 1.29 is 14.6 Å². The number of amides is 1. The topological polar surface area (TPSA) is 108 Å². The molecule has 0 spiro atoms. The number of carbonyl (C=O) groups excluding carboxylic acids is 1. The first kappa shape index (κ1) is 16.4. The van der Waals surface area contributed by atoms with Gasteiger partial charge in [-0.15, -0.1) is 0 Å². The van der Waals surface area contributed by atoms with Crippen LogP contribution in [0.25, 0.3) is 11.3 Å². The molecule has 1 heterocycles. The summed E-state index contributed by atoms with van der Waals surface area (Å²) in [4.78, 5) is 20.2. The molecular formula is C16H18N4O3. The van der Waals surface area contributed by atoms with Crippen molar-refractivity contribution in [2.75, 3.05) is 6.61 Å². The van der Waals surface area contributed by atoms with Crippen LogP contribution in [0.2, 0.25) is 0 Å². The summed E-state index contributed by atoms with van der Waals surface area (Å²) in [6.45, 7) is 3.32. The Hall–Kier alpha value is -2.96. The quantitative estimate of drug-likeness (QED) is 0.578. The van der Waals surface area contributed by atoms with Crippen LogP contribution in [-0.2, 0) is 4.79 Å². The molecule has 23 heavy (non-hydrogen) atoms. The van der Waals surface area contributed by atoms with E-state index in [1.54, 1.807) is 25.4 Å². The molecule has 0 aliphatic rings. The number of phenolic OH excluding ortho intramolecular Hbond substituents is 1. The number of nitrogens with one attached hydrogen (secondary N) is 2. The highest BCUT2D eigenvalue weighted by Crippen LogP contribution is 2.32. The Bertz CT molecular complexity index is 731. The minimum atomic E-state index is -0.429. The van der Waals surface area contributed by atoms with Gasteiger partial charge in [-0.3, -0.25) is 20.2 Å². The van der Waals surface area contributed by atoms with Crippen LogP contribution in [-0.4, -0.2) is 33.4 Å². The second-order valence-electron chi connectivity index (χ2n) is 4.84. The van der Waals surface area contributed by atoms with Gasteiger partial charge in [-0.25, -0.2) is 0 Å². The molecule has 2 rings (SSSR count). The van der Waals surface area contributed by atoms with Crippen molar-refractivity contribution in [3.05, 3.63) is 36.3 Å². The van der Waals surface area contributed by atoms with E-state index in [0.29, 0.717) is 29.1 Å². The van der Waals surface area contributed by atoms with E-state index in [0.717, 1.165) is 0 Å². The molecule has 0 bridgehead atoms. The lowest BCUT2D eigenvalue weighted by atomic mass is 10.1. The van der Waals surface area contributed by atoms with Crippen LogP contribution in [0.15, 0.2) is 30.6 Å². The largest absolute Gasteiger partial charge is 0.508 e. The maximum absolute atomic E-state index is 11.7. The van der Waals surface area contributed by atoms with Gasteiger partial charge in [0.25, 0.3) is 5.91 Å². The number of hydrogen-bond acceptors (Lipinski definition) is 6. The molecule has 0 saturated heterocycles. The molecule has 7 heteroatoms. The lowest BCUT2D eigenvalue weighted by Crippen LogP contribution is -2.33. The zero-order valence-corrected chi connectivity index (χ0v) is 13.0. The Morgan fingerprint density at radius 1 is 1.35 bits per heavy atom. The van der Waals surface area contributed by atoms with E-state index in [1.165, 1.54) is 12.1 Å². The number of carbonyl (C=O) groups is 1. The Kier molecular flexibility index (Phi) is 5.24. The number of phenols is 1. The summed E-state index contributed by atoms with van der Waals surface area (Å²) in [5.74, 6) is 0.0419. The first-order chi connectivity index (χ1) is 11.0. The standard InChI is InChI=1S/C16H18N4O3/c1-3-14(17)20-15(22)9-23-13-8-11(21)4-5-12(13)16-10(2)18-6-7-19-16/h4-8,21H,3,9H2,1-2H3,(H2,17,20,22). The highest BCUT2D eigenvalue weighted by Gasteiger charge is 2.13. The Labute approximate surface area is 133 Å². The van der Waals surface area contributed by atoms with Gasteiger partial charge in [0, 0.05) is 30.4 Å². The molecular weight excluding hydrogens is 296 g/mol. The SMILES string of the molecule is CCC(=N)NC(=O)COc1cc(O)ccc1-c1nccnc1C. The monoisotopic (exact) mass is 314 g/mol. The Morgan fingerprint density at radius 3 is 2.78 bits per heavy atom. The summed E-state index contributed by atoms with van der Waals surface area (Å²) in [6, 6.07) is 4.60. The number of hydrogen-bond donors (Lipinski definition) is 3. The third-order valence-corrected chi connectivity index (χ3v) is 3.10. The predicted molar refractivity (Wildman–Crippen MR) is 85.5 cm³/mol. The van der Waals surface area contributed by atoms with Crippen molar-refractivity contribution >= 4 is 11.7 Å². The fourth-order valence-electron chi connectivity index (χ4n) is 1.93. The molecule has 1 aromatic carbocycles. The van der Waals surface area contributed by atoms with Crippen molar-refractivity contribution in [1.29, 1.82) is 5.41 Å². The lowest BCUT2D eigenvalue weighted by Gasteiger charge is -2.12. The third-order valence-electron chi connectivity index (χ3n) is 3.10. The van der Waals surface area contributed by atoms with E-state index in [9.17, 15) is 9.90 Å². The van der Waals surface area contributed by atoms with E-state index < -0.39 is 5.91 Å². The van der Waals surface area contributed by atoms with Crippen LogP contribution >= 0.6 is 0 Å². The summed E-state index contributed by atoms with van der Waals surface area (Å²) in [6.07, 6.45) is 3.58. The highest BCUT2D eigenvalue weighted by atomic mass is 16.5. The smallest absolute Gasteiger partial charge is 0.263 e. The first-order valence-electron chi connectivity index (χ1n) is 7.12. The number of nitrogens with zero attached hydrogens (tertiary/aromatic N) is 2. The number of ether oxygens (including phenoxy) is 1. The van der Waals surface area contributed by atoms with Gasteiger partial charge in [0.1, 0.15) is 11.5 Å². The average Bonchev–Trinajstić information content (AvgIpc) is 2.54.